The number of amides is 1. The van der Waals surface area contributed by atoms with E-state index in [-0.39, 0.29) is 11.7 Å². The zero-order chi connectivity index (χ0) is 23.3. The fourth-order valence-corrected chi connectivity index (χ4v) is 6.31. The molecule has 1 amide bonds. The van der Waals surface area contributed by atoms with Gasteiger partial charge in [-0.1, -0.05) is 17.7 Å². The summed E-state index contributed by atoms with van der Waals surface area (Å²) in [5.41, 5.74) is -2.03. The third kappa shape index (κ3) is 3.91. The van der Waals surface area contributed by atoms with E-state index in [1.54, 1.807) is 39.0 Å². The maximum Gasteiger partial charge on any atom is 0.408 e. The van der Waals surface area contributed by atoms with Crippen molar-refractivity contribution in [3.05, 3.63) is 53.1 Å². The first-order valence-corrected chi connectivity index (χ1v) is 11.8. The minimum absolute atomic E-state index is 0.00708. The summed E-state index contributed by atoms with van der Waals surface area (Å²) in [7, 11) is -4.04. The molecule has 2 aromatic carbocycles. The molecule has 0 bridgehead atoms. The van der Waals surface area contributed by atoms with Gasteiger partial charge in [0.2, 0.25) is 6.79 Å². The predicted octanol–water partition coefficient (Wildman–Crippen LogP) is 3.47. The van der Waals surface area contributed by atoms with Gasteiger partial charge in [0.25, 0.3) is 0 Å². The van der Waals surface area contributed by atoms with Gasteiger partial charge in [0.15, 0.2) is 21.3 Å². The van der Waals surface area contributed by atoms with Crippen LogP contribution in [0, 0.1) is 0 Å². The van der Waals surface area contributed by atoms with Crippen LogP contribution in [0.25, 0.3) is 0 Å². The Hall–Kier alpha value is -2.78. The standard InChI is InChI=1S/C22H22ClNO7S/c1-21(2,3)31-20(26)24-22(11-25)18(13-4-9-16-17(10-13)30-12-29-16)19(22)32(27,28)15-7-5-14(23)6-8-15/h4-11,18-19H,12H2,1-3H3,(H,24,26)/t18-,19+,22+/m0/s1. The van der Waals surface area contributed by atoms with Gasteiger partial charge in [-0.15, -0.1) is 0 Å². The van der Waals surface area contributed by atoms with Crippen LogP contribution in [0.5, 0.6) is 11.5 Å². The van der Waals surface area contributed by atoms with Crippen LogP contribution < -0.4 is 14.8 Å². The van der Waals surface area contributed by atoms with Gasteiger partial charge in [0, 0.05) is 10.9 Å². The smallest absolute Gasteiger partial charge is 0.408 e. The molecule has 2 aliphatic rings. The summed E-state index contributed by atoms with van der Waals surface area (Å²) in [6.07, 6.45) is -0.422. The van der Waals surface area contributed by atoms with Crippen LogP contribution >= 0.6 is 11.6 Å². The van der Waals surface area contributed by atoms with E-state index in [4.69, 9.17) is 25.8 Å². The molecule has 2 aromatic rings. The SMILES string of the molecule is CC(C)(C)OC(=O)N[C@@]1(C=O)[C@H](S(=O)(=O)c2ccc(Cl)cc2)[C@@H]1c1ccc2c(c1)OCO2. The number of rotatable bonds is 5. The number of halogens is 1. The minimum Gasteiger partial charge on any atom is -0.454 e. The molecule has 1 saturated carbocycles. The zero-order valence-corrected chi connectivity index (χ0v) is 19.2. The van der Waals surface area contributed by atoms with E-state index in [2.05, 4.69) is 5.32 Å². The summed E-state index contributed by atoms with van der Waals surface area (Å²) < 4.78 is 43.0. The van der Waals surface area contributed by atoms with Crippen LogP contribution in [0.3, 0.4) is 0 Å². The molecule has 0 saturated heterocycles. The van der Waals surface area contributed by atoms with E-state index in [0.717, 1.165) is 0 Å². The lowest BCUT2D eigenvalue weighted by Crippen LogP contribution is -2.45. The monoisotopic (exact) mass is 479 g/mol. The highest BCUT2D eigenvalue weighted by Crippen LogP contribution is 2.57. The van der Waals surface area contributed by atoms with Gasteiger partial charge >= 0.3 is 6.09 Å². The van der Waals surface area contributed by atoms with Crippen molar-refractivity contribution in [2.24, 2.45) is 0 Å². The lowest BCUT2D eigenvalue weighted by atomic mass is 10.1. The second-order valence-electron chi connectivity index (χ2n) is 8.69. The van der Waals surface area contributed by atoms with Crippen molar-refractivity contribution in [2.75, 3.05) is 6.79 Å². The van der Waals surface area contributed by atoms with Gasteiger partial charge in [-0.25, -0.2) is 13.2 Å². The quantitative estimate of drug-likeness (QED) is 0.654. The second kappa shape index (κ2) is 7.67. The third-order valence-electron chi connectivity index (χ3n) is 5.32. The summed E-state index contributed by atoms with van der Waals surface area (Å²) >= 11 is 5.90. The van der Waals surface area contributed by atoms with Gasteiger partial charge in [-0.3, -0.25) is 0 Å². The molecule has 1 heterocycles. The number of nitrogens with one attached hydrogen (secondary N) is 1. The molecule has 0 aromatic heterocycles. The predicted molar refractivity (Wildman–Crippen MR) is 116 cm³/mol. The van der Waals surface area contributed by atoms with E-state index < -0.39 is 38.2 Å². The molecule has 1 N–H and O–H groups in total. The highest BCUT2D eigenvalue weighted by molar-refractivity contribution is 7.92. The van der Waals surface area contributed by atoms with Crippen LogP contribution in [-0.4, -0.2) is 44.0 Å². The highest BCUT2D eigenvalue weighted by Gasteiger charge is 2.73. The van der Waals surface area contributed by atoms with Crippen molar-refractivity contribution < 1.29 is 32.2 Å². The van der Waals surface area contributed by atoms with Crippen molar-refractivity contribution in [1.82, 2.24) is 5.32 Å². The first-order valence-electron chi connectivity index (χ1n) is 9.84. The van der Waals surface area contributed by atoms with Gasteiger partial charge in [-0.05, 0) is 62.7 Å². The first kappa shape index (κ1) is 22.4. The van der Waals surface area contributed by atoms with Gasteiger partial charge in [0.1, 0.15) is 22.7 Å². The van der Waals surface area contributed by atoms with E-state index in [0.29, 0.717) is 28.4 Å². The fraction of sp³-hybridized carbons (Fsp3) is 0.364. The molecule has 1 fully saturated rings. The molecule has 0 radical (unpaired) electrons. The Balaban J connectivity index is 1.76. The normalized spacial score (nSPS) is 24.0. The summed E-state index contributed by atoms with van der Waals surface area (Å²) in [4.78, 5) is 24.9. The molecule has 1 aliphatic heterocycles. The molecule has 1 aliphatic carbocycles. The average Bonchev–Trinajstić information content (AvgIpc) is 3.13. The van der Waals surface area contributed by atoms with Gasteiger partial charge in [0.05, 0.1) is 4.90 Å². The number of ether oxygens (including phenoxy) is 3. The topological polar surface area (TPSA) is 108 Å². The third-order valence-corrected chi connectivity index (χ3v) is 7.84. The number of sulfone groups is 1. The van der Waals surface area contributed by atoms with Crippen LogP contribution in [0.4, 0.5) is 4.79 Å². The fourth-order valence-electron chi connectivity index (χ4n) is 3.94. The summed E-state index contributed by atoms with van der Waals surface area (Å²) in [6.45, 7) is 5.06. The molecular formula is C22H22ClNO7S. The van der Waals surface area contributed by atoms with Crippen LogP contribution in [-0.2, 0) is 19.4 Å². The summed E-state index contributed by atoms with van der Waals surface area (Å²) in [5, 5.41) is 1.65. The Morgan fingerprint density at radius 1 is 1.16 bits per heavy atom. The molecule has 32 heavy (non-hydrogen) atoms. The van der Waals surface area contributed by atoms with Gasteiger partial charge in [-0.2, -0.15) is 0 Å². The Morgan fingerprint density at radius 3 is 2.44 bits per heavy atom. The molecule has 0 unspecified atom stereocenters. The first-order chi connectivity index (χ1) is 15.0. The highest BCUT2D eigenvalue weighted by atomic mass is 35.5. The van der Waals surface area contributed by atoms with E-state index in [1.807, 2.05) is 0 Å². The van der Waals surface area contributed by atoms with Crippen LogP contribution in [0.2, 0.25) is 5.02 Å². The van der Waals surface area contributed by atoms with Crippen molar-refractivity contribution in [3.63, 3.8) is 0 Å². The zero-order valence-electron chi connectivity index (χ0n) is 17.6. The number of aldehydes is 1. The number of carbonyl (C=O) groups excluding carboxylic acids is 2. The summed E-state index contributed by atoms with van der Waals surface area (Å²) in [6, 6.07) is 10.6. The largest absolute Gasteiger partial charge is 0.454 e. The molecular weight excluding hydrogens is 458 g/mol. The molecule has 0 spiro atoms. The van der Waals surface area contributed by atoms with Crippen molar-refractivity contribution in [3.8, 4) is 11.5 Å². The summed E-state index contributed by atoms with van der Waals surface area (Å²) in [5.74, 6) is 0.0973. The van der Waals surface area contributed by atoms with E-state index in [9.17, 15) is 18.0 Å². The number of fused-ring (bicyclic) bond motifs is 1. The Morgan fingerprint density at radius 2 is 1.81 bits per heavy atom. The number of hydrogen-bond acceptors (Lipinski definition) is 7. The Labute approximate surface area is 190 Å². The molecule has 3 atom stereocenters. The van der Waals surface area contributed by atoms with E-state index >= 15 is 0 Å². The number of hydrogen-bond donors (Lipinski definition) is 1. The maximum atomic E-state index is 13.5. The lowest BCUT2D eigenvalue weighted by molar-refractivity contribution is -0.110. The number of carbonyl (C=O) groups is 2. The second-order valence-corrected chi connectivity index (χ2v) is 11.2. The number of benzene rings is 2. The molecule has 10 heteroatoms. The van der Waals surface area contributed by atoms with Crippen LogP contribution in [0.15, 0.2) is 47.4 Å². The average molecular weight is 480 g/mol. The van der Waals surface area contributed by atoms with Gasteiger partial charge < -0.3 is 24.3 Å². The molecule has 170 valence electrons. The van der Waals surface area contributed by atoms with Crippen molar-refractivity contribution >= 4 is 33.8 Å². The molecule has 8 nitrogen and oxygen atoms in total. The minimum atomic E-state index is -4.04. The van der Waals surface area contributed by atoms with Crippen molar-refractivity contribution in [2.45, 2.75) is 48.0 Å². The maximum absolute atomic E-state index is 13.5. The molecule has 4 rings (SSSR count). The van der Waals surface area contributed by atoms with Crippen LogP contribution in [0.1, 0.15) is 32.3 Å². The lowest BCUT2D eigenvalue weighted by Gasteiger charge is -2.22. The Bertz CT molecular complexity index is 1170. The Kier molecular flexibility index (Phi) is 5.37. The number of alkyl carbamates (subject to hydrolysis) is 1. The van der Waals surface area contributed by atoms with E-state index in [1.165, 1.54) is 24.3 Å². The van der Waals surface area contributed by atoms with Crippen molar-refractivity contribution in [1.29, 1.82) is 0 Å².